The van der Waals surface area contributed by atoms with Gasteiger partial charge in [-0.1, -0.05) is 111 Å². The third-order valence-electron chi connectivity index (χ3n) is 8.29. The van der Waals surface area contributed by atoms with Crippen LogP contribution in [0.5, 0.6) is 5.75 Å². The molecule has 6 nitrogen and oxygen atoms in total. The Kier molecular flexibility index (Phi) is 14.9. The van der Waals surface area contributed by atoms with Crippen molar-refractivity contribution >= 4 is 12.2 Å². The number of benzene rings is 1. The van der Waals surface area contributed by atoms with E-state index in [1.165, 1.54) is 76.2 Å². The van der Waals surface area contributed by atoms with E-state index in [0.717, 1.165) is 37.7 Å². The minimum absolute atomic E-state index is 0.0190. The van der Waals surface area contributed by atoms with Crippen LogP contribution in [-0.2, 0) is 17.6 Å². The molecule has 2 amide bonds. The number of hydrogen-bond donors (Lipinski definition) is 2. The maximum Gasteiger partial charge on any atom is 0.412 e. The van der Waals surface area contributed by atoms with E-state index in [1.54, 1.807) is 0 Å². The minimum Gasteiger partial charge on any atom is -0.446 e. The fraction of sp³-hybridized carbons (Fsp3) is 0.765. The molecule has 2 rings (SSSR count). The SMILES string of the molecule is CCCCCCCCc1ccc(OC(=O)NCC2(C)CC(OC(N)=O)CC(C)(C)C2)c(CCCCCCCC)c1. The molecule has 0 aliphatic heterocycles. The minimum atomic E-state index is -0.741. The molecule has 1 aromatic carbocycles. The zero-order valence-corrected chi connectivity index (χ0v) is 26.2. The van der Waals surface area contributed by atoms with Crippen LogP contribution in [0, 0.1) is 10.8 Å². The van der Waals surface area contributed by atoms with Crippen LogP contribution in [0.4, 0.5) is 9.59 Å². The van der Waals surface area contributed by atoms with Crippen molar-refractivity contribution in [3.8, 4) is 5.75 Å². The molecular formula is C34H58N2O4. The molecule has 1 aromatic rings. The van der Waals surface area contributed by atoms with Crippen molar-refractivity contribution in [3.63, 3.8) is 0 Å². The number of hydrogen-bond acceptors (Lipinski definition) is 4. The monoisotopic (exact) mass is 558 g/mol. The Morgan fingerprint density at radius 2 is 1.48 bits per heavy atom. The van der Waals surface area contributed by atoms with Crippen molar-refractivity contribution in [2.24, 2.45) is 16.6 Å². The number of unbranched alkanes of at least 4 members (excludes halogenated alkanes) is 10. The maximum absolute atomic E-state index is 13.0. The standard InChI is InChI=1S/C34H58N2O4/c1-6-8-10-12-14-16-18-27-20-21-30(28(22-27)19-17-15-13-11-9-7-2)40-32(38)36-26-34(5)24-29(39-31(35)37)23-33(3,4)25-34/h20-22,29H,6-19,23-26H2,1-5H3,(H2,35,37)(H,36,38). The Hall–Kier alpha value is -2.24. The Morgan fingerprint density at radius 3 is 2.10 bits per heavy atom. The van der Waals surface area contributed by atoms with E-state index in [0.29, 0.717) is 18.7 Å². The van der Waals surface area contributed by atoms with Gasteiger partial charge in [0.2, 0.25) is 0 Å². The maximum atomic E-state index is 13.0. The Morgan fingerprint density at radius 1 is 0.875 bits per heavy atom. The molecule has 3 N–H and O–H groups in total. The number of amides is 2. The number of carbonyl (C=O) groups excluding carboxylic acids is 2. The second-order valence-corrected chi connectivity index (χ2v) is 13.3. The highest BCUT2D eigenvalue weighted by molar-refractivity contribution is 5.71. The zero-order chi connectivity index (χ0) is 29.4. The topological polar surface area (TPSA) is 90.7 Å². The molecule has 0 heterocycles. The van der Waals surface area contributed by atoms with Gasteiger partial charge in [0.1, 0.15) is 11.9 Å². The summed E-state index contributed by atoms with van der Waals surface area (Å²) in [6.07, 6.45) is 18.1. The lowest BCUT2D eigenvalue weighted by molar-refractivity contribution is -0.0163. The normalized spacial score (nSPS) is 20.2. The largest absolute Gasteiger partial charge is 0.446 e. The van der Waals surface area contributed by atoms with E-state index >= 15 is 0 Å². The first-order valence-electron chi connectivity index (χ1n) is 16.1. The number of carbonyl (C=O) groups is 2. The molecule has 0 bridgehead atoms. The van der Waals surface area contributed by atoms with E-state index in [9.17, 15) is 9.59 Å². The highest BCUT2D eigenvalue weighted by atomic mass is 16.6. The van der Waals surface area contributed by atoms with Crippen LogP contribution in [-0.4, -0.2) is 24.8 Å². The lowest BCUT2D eigenvalue weighted by Crippen LogP contribution is -2.47. The second kappa shape index (κ2) is 17.5. The fourth-order valence-electron chi connectivity index (χ4n) is 6.63. The molecule has 2 unspecified atom stereocenters. The molecule has 0 saturated heterocycles. The summed E-state index contributed by atoms with van der Waals surface area (Å²) in [4.78, 5) is 24.3. The van der Waals surface area contributed by atoms with Gasteiger partial charge >= 0.3 is 12.2 Å². The van der Waals surface area contributed by atoms with E-state index in [-0.39, 0.29) is 16.9 Å². The number of nitrogens with two attached hydrogens (primary N) is 1. The summed E-state index contributed by atoms with van der Waals surface area (Å²) in [5.41, 5.74) is 7.53. The van der Waals surface area contributed by atoms with Crippen molar-refractivity contribution in [1.82, 2.24) is 5.32 Å². The van der Waals surface area contributed by atoms with E-state index < -0.39 is 12.2 Å². The lowest BCUT2D eigenvalue weighted by Gasteiger charge is -2.45. The molecule has 0 aromatic heterocycles. The number of rotatable bonds is 18. The quantitative estimate of drug-likeness (QED) is 0.176. The smallest absolute Gasteiger partial charge is 0.412 e. The molecule has 1 aliphatic carbocycles. The summed E-state index contributed by atoms with van der Waals surface area (Å²) >= 11 is 0. The summed E-state index contributed by atoms with van der Waals surface area (Å²) in [7, 11) is 0. The Bertz CT molecular complexity index is 900. The van der Waals surface area contributed by atoms with Crippen LogP contribution in [0.2, 0.25) is 0 Å². The molecule has 1 aliphatic rings. The van der Waals surface area contributed by atoms with Gasteiger partial charge in [-0.2, -0.15) is 0 Å². The van der Waals surface area contributed by atoms with E-state index in [4.69, 9.17) is 15.2 Å². The van der Waals surface area contributed by atoms with Crippen LogP contribution in [0.1, 0.15) is 142 Å². The van der Waals surface area contributed by atoms with Crippen molar-refractivity contribution < 1.29 is 19.1 Å². The Balaban J connectivity index is 1.98. The van der Waals surface area contributed by atoms with E-state index in [2.05, 4.69) is 52.1 Å². The van der Waals surface area contributed by atoms with Gasteiger partial charge in [-0.15, -0.1) is 0 Å². The van der Waals surface area contributed by atoms with Gasteiger partial charge in [-0.25, -0.2) is 9.59 Å². The summed E-state index contributed by atoms with van der Waals surface area (Å²) < 4.78 is 11.3. The van der Waals surface area contributed by atoms with Crippen LogP contribution in [0.15, 0.2) is 18.2 Å². The number of primary amides is 1. The summed E-state index contributed by atoms with van der Waals surface area (Å²) in [6, 6.07) is 6.37. The highest BCUT2D eigenvalue weighted by Gasteiger charge is 2.42. The van der Waals surface area contributed by atoms with Gasteiger partial charge in [0, 0.05) is 6.54 Å². The van der Waals surface area contributed by atoms with Gasteiger partial charge in [-0.05, 0) is 73.0 Å². The van der Waals surface area contributed by atoms with Gasteiger partial charge in [0.15, 0.2) is 0 Å². The van der Waals surface area contributed by atoms with Gasteiger partial charge in [-0.3, -0.25) is 0 Å². The number of aryl methyl sites for hydroxylation is 2. The second-order valence-electron chi connectivity index (χ2n) is 13.3. The van der Waals surface area contributed by atoms with Crippen molar-refractivity contribution in [1.29, 1.82) is 0 Å². The van der Waals surface area contributed by atoms with Gasteiger partial charge in [0.05, 0.1) is 0 Å². The average molecular weight is 559 g/mol. The van der Waals surface area contributed by atoms with Crippen LogP contribution in [0.3, 0.4) is 0 Å². The number of nitrogens with one attached hydrogen (secondary N) is 1. The molecule has 6 heteroatoms. The van der Waals surface area contributed by atoms with Crippen molar-refractivity contribution in [2.75, 3.05) is 6.54 Å². The molecule has 228 valence electrons. The first kappa shape index (κ1) is 34.0. The predicted molar refractivity (Wildman–Crippen MR) is 165 cm³/mol. The van der Waals surface area contributed by atoms with Crippen molar-refractivity contribution in [3.05, 3.63) is 29.3 Å². The molecule has 1 fully saturated rings. The van der Waals surface area contributed by atoms with Crippen LogP contribution >= 0.6 is 0 Å². The molecule has 0 spiro atoms. The lowest BCUT2D eigenvalue weighted by atomic mass is 9.63. The molecule has 0 radical (unpaired) electrons. The van der Waals surface area contributed by atoms with Crippen molar-refractivity contribution in [2.45, 2.75) is 150 Å². The van der Waals surface area contributed by atoms with Gasteiger partial charge < -0.3 is 20.5 Å². The summed E-state index contributed by atoms with van der Waals surface area (Å²) in [5, 5.41) is 3.01. The molecule has 2 atom stereocenters. The molecular weight excluding hydrogens is 500 g/mol. The first-order valence-corrected chi connectivity index (χ1v) is 16.1. The summed E-state index contributed by atoms with van der Waals surface area (Å²) in [6.45, 7) is 11.4. The average Bonchev–Trinajstić information content (AvgIpc) is 2.86. The van der Waals surface area contributed by atoms with Crippen LogP contribution < -0.4 is 15.8 Å². The number of ether oxygens (including phenoxy) is 2. The third kappa shape index (κ3) is 13.4. The van der Waals surface area contributed by atoms with E-state index in [1.807, 2.05) is 6.07 Å². The van der Waals surface area contributed by atoms with Gasteiger partial charge in [0.25, 0.3) is 0 Å². The molecule has 1 saturated carbocycles. The first-order chi connectivity index (χ1) is 19.1. The zero-order valence-electron chi connectivity index (χ0n) is 26.2. The fourth-order valence-corrected chi connectivity index (χ4v) is 6.63. The highest BCUT2D eigenvalue weighted by Crippen LogP contribution is 2.46. The third-order valence-corrected chi connectivity index (χ3v) is 8.29. The summed E-state index contributed by atoms with van der Waals surface area (Å²) in [5.74, 6) is 0.668. The van der Waals surface area contributed by atoms with Crippen LogP contribution in [0.25, 0.3) is 0 Å². The Labute approximate surface area is 244 Å². The molecule has 40 heavy (non-hydrogen) atoms. The predicted octanol–water partition coefficient (Wildman–Crippen LogP) is 9.26.